The lowest BCUT2D eigenvalue weighted by Gasteiger charge is -2.04. The average molecular weight is 376 g/mol. The van der Waals surface area contributed by atoms with Gasteiger partial charge in [0.2, 0.25) is 6.79 Å². The van der Waals surface area contributed by atoms with Crippen LogP contribution in [0.1, 0.15) is 15.9 Å². The Balaban J connectivity index is 1.71. The quantitative estimate of drug-likeness (QED) is 0.504. The van der Waals surface area contributed by atoms with Crippen molar-refractivity contribution in [2.45, 2.75) is 6.54 Å². The van der Waals surface area contributed by atoms with Crippen molar-refractivity contribution in [2.24, 2.45) is 0 Å². The van der Waals surface area contributed by atoms with E-state index in [1.807, 2.05) is 47.1 Å². The molecule has 0 unspecified atom stereocenters. The van der Waals surface area contributed by atoms with Crippen LogP contribution in [0, 0.1) is 0 Å². The van der Waals surface area contributed by atoms with Crippen molar-refractivity contribution in [1.29, 1.82) is 0 Å². The molecule has 7 nitrogen and oxygen atoms in total. The Hall–Kier alpha value is -3.74. The number of aromatic nitrogens is 2. The van der Waals surface area contributed by atoms with Crippen LogP contribution in [0.15, 0.2) is 59.2 Å². The average Bonchev–Trinajstić information content (AvgIpc) is 3.45. The van der Waals surface area contributed by atoms with Crippen molar-refractivity contribution in [3.05, 3.63) is 65.9 Å². The molecule has 3 heterocycles. The first-order valence-electron chi connectivity index (χ1n) is 8.75. The van der Waals surface area contributed by atoms with Gasteiger partial charge in [-0.05, 0) is 17.7 Å². The van der Waals surface area contributed by atoms with Crippen LogP contribution < -0.4 is 9.47 Å². The van der Waals surface area contributed by atoms with Gasteiger partial charge in [-0.15, -0.1) is 0 Å². The Morgan fingerprint density at radius 2 is 1.93 bits per heavy atom. The highest BCUT2D eigenvalue weighted by Crippen LogP contribution is 2.40. The number of carbonyl (C=O) groups excluding carboxylic acids is 1. The number of fused-ring (bicyclic) bond motifs is 2. The number of ether oxygens (including phenoxy) is 3. The molecule has 0 aliphatic carbocycles. The minimum atomic E-state index is -0.477. The number of benzene rings is 2. The molecule has 0 fully saturated rings. The third-order valence-corrected chi connectivity index (χ3v) is 4.71. The van der Waals surface area contributed by atoms with Gasteiger partial charge in [0.15, 0.2) is 17.3 Å². The number of rotatable bonds is 4. The summed E-state index contributed by atoms with van der Waals surface area (Å²) in [6.07, 6.45) is 1.45. The summed E-state index contributed by atoms with van der Waals surface area (Å²) in [5, 5.41) is 5.55. The van der Waals surface area contributed by atoms with Crippen LogP contribution in [0.3, 0.4) is 0 Å². The summed E-state index contributed by atoms with van der Waals surface area (Å²) in [6.45, 7) is 0.739. The van der Waals surface area contributed by atoms with Gasteiger partial charge >= 0.3 is 5.97 Å². The molecule has 0 amide bonds. The van der Waals surface area contributed by atoms with Crippen molar-refractivity contribution < 1.29 is 23.4 Å². The summed E-state index contributed by atoms with van der Waals surface area (Å²) >= 11 is 0. The lowest BCUT2D eigenvalue weighted by atomic mass is 10.1. The Kier molecular flexibility index (Phi) is 3.79. The number of esters is 1. The molecule has 1 aliphatic heterocycles. The van der Waals surface area contributed by atoms with Gasteiger partial charge in [-0.2, -0.15) is 5.10 Å². The Bertz CT molecular complexity index is 1180. The van der Waals surface area contributed by atoms with Crippen LogP contribution in [-0.4, -0.2) is 29.7 Å². The first-order valence-corrected chi connectivity index (χ1v) is 8.75. The van der Waals surface area contributed by atoms with Gasteiger partial charge in [0, 0.05) is 11.5 Å². The van der Waals surface area contributed by atoms with Crippen LogP contribution in [0.25, 0.3) is 22.4 Å². The summed E-state index contributed by atoms with van der Waals surface area (Å²) in [4.78, 5) is 12.1. The van der Waals surface area contributed by atoms with E-state index in [0.29, 0.717) is 35.1 Å². The van der Waals surface area contributed by atoms with Crippen molar-refractivity contribution in [2.75, 3.05) is 13.9 Å². The lowest BCUT2D eigenvalue weighted by Crippen LogP contribution is -2.03. The first kappa shape index (κ1) is 16.4. The van der Waals surface area contributed by atoms with Crippen LogP contribution in [0.4, 0.5) is 0 Å². The van der Waals surface area contributed by atoms with E-state index in [1.54, 1.807) is 6.07 Å². The molecule has 2 aromatic heterocycles. The SMILES string of the molecule is COC(=O)c1ccoc1-c1nn(Cc2ccccc2)c2cc3c(cc12)OCO3. The van der Waals surface area contributed by atoms with E-state index < -0.39 is 5.97 Å². The molecule has 1 aliphatic rings. The highest BCUT2D eigenvalue weighted by molar-refractivity contribution is 6.01. The smallest absolute Gasteiger partial charge is 0.341 e. The monoisotopic (exact) mass is 376 g/mol. The van der Waals surface area contributed by atoms with E-state index in [2.05, 4.69) is 0 Å². The molecule has 7 heteroatoms. The third kappa shape index (κ3) is 2.60. The lowest BCUT2D eigenvalue weighted by molar-refractivity contribution is 0.0601. The predicted molar refractivity (Wildman–Crippen MR) is 100 cm³/mol. The molecule has 0 spiro atoms. The molecule has 2 aromatic carbocycles. The molecule has 0 radical (unpaired) electrons. The second kappa shape index (κ2) is 6.45. The van der Waals surface area contributed by atoms with E-state index in [0.717, 1.165) is 16.5 Å². The van der Waals surface area contributed by atoms with E-state index in [1.165, 1.54) is 13.4 Å². The number of hydrogen-bond acceptors (Lipinski definition) is 6. The molecular formula is C21H16N2O5. The fourth-order valence-corrected chi connectivity index (χ4v) is 3.37. The van der Waals surface area contributed by atoms with Crippen molar-refractivity contribution in [3.8, 4) is 23.0 Å². The van der Waals surface area contributed by atoms with Crippen molar-refractivity contribution in [3.63, 3.8) is 0 Å². The third-order valence-electron chi connectivity index (χ3n) is 4.71. The molecule has 140 valence electrons. The number of carbonyl (C=O) groups is 1. The van der Waals surface area contributed by atoms with Crippen LogP contribution in [0.2, 0.25) is 0 Å². The largest absolute Gasteiger partial charge is 0.465 e. The fourth-order valence-electron chi connectivity index (χ4n) is 3.37. The minimum Gasteiger partial charge on any atom is -0.465 e. The van der Waals surface area contributed by atoms with Gasteiger partial charge in [-0.3, -0.25) is 4.68 Å². The zero-order valence-corrected chi connectivity index (χ0v) is 15.0. The van der Waals surface area contributed by atoms with Gasteiger partial charge in [0.05, 0.1) is 25.4 Å². The molecule has 0 saturated heterocycles. The molecule has 28 heavy (non-hydrogen) atoms. The van der Waals surface area contributed by atoms with Crippen molar-refractivity contribution >= 4 is 16.9 Å². The van der Waals surface area contributed by atoms with Gasteiger partial charge in [-0.25, -0.2) is 4.79 Å². The topological polar surface area (TPSA) is 75.7 Å². The highest BCUT2D eigenvalue weighted by Gasteiger charge is 2.25. The van der Waals surface area contributed by atoms with Gasteiger partial charge in [0.25, 0.3) is 0 Å². The number of furan rings is 1. The molecule has 0 atom stereocenters. The van der Waals surface area contributed by atoms with E-state index in [9.17, 15) is 4.79 Å². The summed E-state index contributed by atoms with van der Waals surface area (Å²) in [7, 11) is 1.34. The standard InChI is InChI=1S/C21H16N2O5/c1-25-21(24)14-7-8-26-20(14)19-15-9-17-18(28-12-27-17)10-16(15)23(22-19)11-13-5-3-2-4-6-13/h2-10H,11-12H2,1H3. The maximum Gasteiger partial charge on any atom is 0.341 e. The maximum absolute atomic E-state index is 12.1. The minimum absolute atomic E-state index is 0.178. The van der Waals surface area contributed by atoms with Gasteiger partial charge in [-0.1, -0.05) is 30.3 Å². The summed E-state index contributed by atoms with van der Waals surface area (Å²) in [5.41, 5.74) is 2.83. The second-order valence-electron chi connectivity index (χ2n) is 6.37. The molecule has 0 N–H and O–H groups in total. The van der Waals surface area contributed by atoms with E-state index in [-0.39, 0.29) is 6.79 Å². The van der Waals surface area contributed by atoms with Crippen LogP contribution in [0.5, 0.6) is 11.5 Å². The molecule has 0 saturated carbocycles. The summed E-state index contributed by atoms with van der Waals surface area (Å²) in [6, 6.07) is 15.4. The van der Waals surface area contributed by atoms with Crippen LogP contribution in [-0.2, 0) is 11.3 Å². The number of methoxy groups -OCH3 is 1. The zero-order valence-electron chi connectivity index (χ0n) is 15.0. The van der Waals surface area contributed by atoms with E-state index in [4.69, 9.17) is 23.7 Å². The number of hydrogen-bond donors (Lipinski definition) is 0. The Labute approximate surface area is 160 Å². The van der Waals surface area contributed by atoms with Crippen molar-refractivity contribution in [1.82, 2.24) is 9.78 Å². The number of nitrogens with zero attached hydrogens (tertiary/aromatic N) is 2. The molecule has 5 rings (SSSR count). The first-order chi connectivity index (χ1) is 13.7. The zero-order chi connectivity index (χ0) is 19.1. The normalized spacial score (nSPS) is 12.5. The highest BCUT2D eigenvalue weighted by atomic mass is 16.7. The van der Waals surface area contributed by atoms with Gasteiger partial charge < -0.3 is 18.6 Å². The Morgan fingerprint density at radius 3 is 2.71 bits per heavy atom. The molecular weight excluding hydrogens is 360 g/mol. The summed E-state index contributed by atoms with van der Waals surface area (Å²) in [5.74, 6) is 1.19. The Morgan fingerprint density at radius 1 is 1.14 bits per heavy atom. The van der Waals surface area contributed by atoms with E-state index >= 15 is 0 Å². The fraction of sp³-hybridized carbons (Fsp3) is 0.143. The molecule has 0 bridgehead atoms. The molecule has 4 aromatic rings. The predicted octanol–water partition coefficient (Wildman–Crippen LogP) is 3.86. The van der Waals surface area contributed by atoms with Gasteiger partial charge in [0.1, 0.15) is 11.3 Å². The maximum atomic E-state index is 12.1. The van der Waals surface area contributed by atoms with Crippen LogP contribution >= 0.6 is 0 Å². The summed E-state index contributed by atoms with van der Waals surface area (Å²) < 4.78 is 23.4. The second-order valence-corrected chi connectivity index (χ2v) is 6.37.